The lowest BCUT2D eigenvalue weighted by molar-refractivity contribution is -0.148. The molecule has 0 amide bonds. The molecule has 0 aromatic heterocycles. The summed E-state index contributed by atoms with van der Waals surface area (Å²) in [5, 5.41) is 0.284. The molecule has 110 valence electrons. The van der Waals surface area contributed by atoms with Crippen molar-refractivity contribution in [2.45, 2.75) is 20.8 Å². The minimum absolute atomic E-state index is 0.00105. The van der Waals surface area contributed by atoms with E-state index in [1.807, 2.05) is 20.8 Å². The number of carbonyl (C=O) groups is 2. The van der Waals surface area contributed by atoms with Gasteiger partial charge in [-0.2, -0.15) is 0 Å². The van der Waals surface area contributed by atoms with Crippen LogP contribution in [0.4, 0.5) is 0 Å². The number of ether oxygens (including phenoxy) is 2. The number of esters is 1. The van der Waals surface area contributed by atoms with Crippen molar-refractivity contribution in [1.82, 2.24) is 0 Å². The summed E-state index contributed by atoms with van der Waals surface area (Å²) >= 11 is 3.11. The number of ketones is 1. The Labute approximate surface area is 127 Å². The number of hydrogen-bond donors (Lipinski definition) is 0. The number of rotatable bonds is 6. The lowest BCUT2D eigenvalue weighted by Crippen LogP contribution is -2.22. The largest absolute Gasteiger partial charge is 0.482 e. The van der Waals surface area contributed by atoms with Crippen molar-refractivity contribution >= 4 is 27.7 Å². The van der Waals surface area contributed by atoms with E-state index in [1.165, 1.54) is 0 Å². The molecule has 4 nitrogen and oxygen atoms in total. The first kappa shape index (κ1) is 16.7. The minimum Gasteiger partial charge on any atom is -0.482 e. The zero-order valence-electron chi connectivity index (χ0n) is 11.9. The van der Waals surface area contributed by atoms with Gasteiger partial charge < -0.3 is 9.47 Å². The lowest BCUT2D eigenvalue weighted by atomic mass is 9.99. The average molecular weight is 343 g/mol. The monoisotopic (exact) mass is 342 g/mol. The normalized spacial score (nSPS) is 11.0. The van der Waals surface area contributed by atoms with Crippen molar-refractivity contribution < 1.29 is 19.1 Å². The highest BCUT2D eigenvalue weighted by Gasteiger charge is 2.14. The van der Waals surface area contributed by atoms with Gasteiger partial charge in [-0.25, -0.2) is 4.79 Å². The molecule has 0 spiro atoms. The predicted octanol–water partition coefficient (Wildman–Crippen LogP) is 3.23. The average Bonchev–Trinajstić information content (AvgIpc) is 2.41. The first-order chi connectivity index (χ1) is 9.31. The maximum atomic E-state index is 11.5. The Morgan fingerprint density at radius 2 is 1.75 bits per heavy atom. The third-order valence-electron chi connectivity index (χ3n) is 2.32. The van der Waals surface area contributed by atoms with Gasteiger partial charge in [0, 0.05) is 5.56 Å². The van der Waals surface area contributed by atoms with Gasteiger partial charge in [0.2, 0.25) is 0 Å². The molecule has 1 aromatic rings. The van der Waals surface area contributed by atoms with Crippen molar-refractivity contribution in [3.05, 3.63) is 29.8 Å². The van der Waals surface area contributed by atoms with E-state index in [1.54, 1.807) is 24.3 Å². The Kier molecular flexibility index (Phi) is 6.20. The van der Waals surface area contributed by atoms with E-state index in [0.29, 0.717) is 17.9 Å². The van der Waals surface area contributed by atoms with Gasteiger partial charge in [0.05, 0.1) is 11.9 Å². The number of carbonyl (C=O) groups excluding carboxylic acids is 2. The van der Waals surface area contributed by atoms with Crippen LogP contribution in [0.2, 0.25) is 0 Å². The molecule has 0 unspecified atom stereocenters. The van der Waals surface area contributed by atoms with Crippen LogP contribution in [0.15, 0.2) is 24.3 Å². The van der Waals surface area contributed by atoms with Crippen molar-refractivity contribution in [3.8, 4) is 5.75 Å². The molecule has 0 heterocycles. The molecule has 1 rings (SSSR count). The summed E-state index contributed by atoms with van der Waals surface area (Å²) in [5.41, 5.74) is 0.539. The van der Waals surface area contributed by atoms with Gasteiger partial charge in [-0.1, -0.05) is 36.7 Å². The van der Waals surface area contributed by atoms with Gasteiger partial charge in [-0.3, -0.25) is 4.79 Å². The molecule has 5 heteroatoms. The molecular weight excluding hydrogens is 324 g/mol. The molecule has 0 saturated carbocycles. The van der Waals surface area contributed by atoms with E-state index in [4.69, 9.17) is 9.47 Å². The number of alkyl halides is 1. The first-order valence-corrected chi connectivity index (χ1v) is 7.41. The molecule has 0 saturated heterocycles. The molecule has 20 heavy (non-hydrogen) atoms. The maximum Gasteiger partial charge on any atom is 0.344 e. The van der Waals surface area contributed by atoms with Crippen molar-refractivity contribution in [2.24, 2.45) is 5.41 Å². The molecule has 0 atom stereocenters. The third kappa shape index (κ3) is 6.19. The number of benzene rings is 1. The van der Waals surface area contributed by atoms with Crippen LogP contribution >= 0.6 is 15.9 Å². The van der Waals surface area contributed by atoms with Crippen LogP contribution in [0.25, 0.3) is 0 Å². The second-order valence-corrected chi connectivity index (χ2v) is 6.15. The third-order valence-corrected chi connectivity index (χ3v) is 2.83. The number of halogens is 1. The molecule has 0 radical (unpaired) electrons. The maximum absolute atomic E-state index is 11.5. The number of hydrogen-bond acceptors (Lipinski definition) is 4. The summed E-state index contributed by atoms with van der Waals surface area (Å²) in [6.45, 7) is 6.18. The van der Waals surface area contributed by atoms with Gasteiger partial charge in [-0.15, -0.1) is 0 Å². The second-order valence-electron chi connectivity index (χ2n) is 5.59. The summed E-state index contributed by atoms with van der Waals surface area (Å²) < 4.78 is 10.4. The van der Waals surface area contributed by atoms with Crippen LogP contribution in [0.3, 0.4) is 0 Å². The summed E-state index contributed by atoms with van der Waals surface area (Å²) in [4.78, 5) is 22.9. The molecule has 0 N–H and O–H groups in total. The Hall–Kier alpha value is -1.36. The van der Waals surface area contributed by atoms with E-state index in [2.05, 4.69) is 15.9 Å². The van der Waals surface area contributed by atoms with Gasteiger partial charge >= 0.3 is 5.97 Å². The van der Waals surface area contributed by atoms with Gasteiger partial charge in [0.1, 0.15) is 5.75 Å². The zero-order chi connectivity index (χ0) is 15.2. The first-order valence-electron chi connectivity index (χ1n) is 6.29. The Balaban J connectivity index is 2.42. The van der Waals surface area contributed by atoms with Crippen LogP contribution in [-0.4, -0.2) is 30.3 Å². The molecule has 0 bridgehead atoms. The van der Waals surface area contributed by atoms with E-state index in [9.17, 15) is 9.59 Å². The van der Waals surface area contributed by atoms with Crippen LogP contribution in [0, 0.1) is 5.41 Å². The predicted molar refractivity (Wildman–Crippen MR) is 80.5 cm³/mol. The van der Waals surface area contributed by atoms with E-state index in [0.717, 1.165) is 0 Å². The van der Waals surface area contributed by atoms with Crippen LogP contribution in [-0.2, 0) is 9.53 Å². The Morgan fingerprint density at radius 1 is 1.15 bits per heavy atom. The molecule has 0 aliphatic rings. The molecule has 0 aliphatic heterocycles. The smallest absolute Gasteiger partial charge is 0.344 e. The van der Waals surface area contributed by atoms with E-state index >= 15 is 0 Å². The van der Waals surface area contributed by atoms with Crippen LogP contribution in [0.1, 0.15) is 31.1 Å². The van der Waals surface area contributed by atoms with Crippen molar-refractivity contribution in [2.75, 3.05) is 18.5 Å². The van der Waals surface area contributed by atoms with Gasteiger partial charge in [-0.05, 0) is 29.7 Å². The Bertz CT molecular complexity index is 460. The van der Waals surface area contributed by atoms with Crippen LogP contribution < -0.4 is 4.74 Å². The lowest BCUT2D eigenvalue weighted by Gasteiger charge is -2.17. The summed E-state index contributed by atoms with van der Waals surface area (Å²) in [7, 11) is 0. The van der Waals surface area contributed by atoms with Crippen molar-refractivity contribution in [1.29, 1.82) is 0 Å². The highest BCUT2D eigenvalue weighted by atomic mass is 79.9. The highest BCUT2D eigenvalue weighted by Crippen LogP contribution is 2.15. The second kappa shape index (κ2) is 7.43. The molecular formula is C15H19BrO4. The summed E-state index contributed by atoms with van der Waals surface area (Å²) in [6.07, 6.45) is 0. The fraction of sp³-hybridized carbons (Fsp3) is 0.467. The van der Waals surface area contributed by atoms with Crippen LogP contribution in [0.5, 0.6) is 5.75 Å². The van der Waals surface area contributed by atoms with Crippen molar-refractivity contribution in [3.63, 3.8) is 0 Å². The molecule has 0 aliphatic carbocycles. The van der Waals surface area contributed by atoms with Gasteiger partial charge in [0.15, 0.2) is 12.4 Å². The minimum atomic E-state index is -0.402. The zero-order valence-corrected chi connectivity index (χ0v) is 13.5. The standard InChI is InChI=1S/C15H19BrO4/c1-15(2,3)10-20-14(18)9-19-12-6-4-11(5-7-12)13(17)8-16/h4-7H,8-10H2,1-3H3. The SMILES string of the molecule is CC(C)(C)COC(=O)COc1ccc(C(=O)CBr)cc1. The molecule has 1 aromatic carbocycles. The quantitative estimate of drug-likeness (QED) is 0.452. The summed E-state index contributed by atoms with van der Waals surface area (Å²) in [5.74, 6) is 0.130. The fourth-order valence-corrected chi connectivity index (χ4v) is 1.62. The fourth-order valence-electron chi connectivity index (χ4n) is 1.30. The topological polar surface area (TPSA) is 52.6 Å². The Morgan fingerprint density at radius 3 is 2.25 bits per heavy atom. The van der Waals surface area contributed by atoms with Gasteiger partial charge in [0.25, 0.3) is 0 Å². The molecule has 0 fully saturated rings. The number of Topliss-reactive ketones (excluding diaryl/α,β-unsaturated/α-hetero) is 1. The van der Waals surface area contributed by atoms with E-state index < -0.39 is 5.97 Å². The highest BCUT2D eigenvalue weighted by molar-refractivity contribution is 9.09. The summed E-state index contributed by atoms with van der Waals surface area (Å²) in [6, 6.07) is 6.65. The van der Waals surface area contributed by atoms with E-state index in [-0.39, 0.29) is 23.1 Å².